The number of aromatic nitrogens is 3. The standard InChI is InChI=1S/C22H24ClN5OS/c1-2-27(17-10-4-3-5-11-17)20(29)16-30-22-25-24-21(26-14-8-9-15-26)28(22)19-13-7-6-12-18(19)23/h3-7,10-13H,2,8-9,14-16H2,1H3. The molecule has 8 heteroatoms. The lowest BCUT2D eigenvalue weighted by Gasteiger charge is -2.21. The largest absolute Gasteiger partial charge is 0.341 e. The second-order valence-corrected chi connectivity index (χ2v) is 8.38. The summed E-state index contributed by atoms with van der Waals surface area (Å²) in [6.07, 6.45) is 2.28. The van der Waals surface area contributed by atoms with E-state index in [9.17, 15) is 4.79 Å². The lowest BCUT2D eigenvalue weighted by Crippen LogP contribution is -2.32. The summed E-state index contributed by atoms with van der Waals surface area (Å²) in [7, 11) is 0. The van der Waals surface area contributed by atoms with Crippen LogP contribution in [0.15, 0.2) is 59.8 Å². The minimum Gasteiger partial charge on any atom is -0.341 e. The van der Waals surface area contributed by atoms with Gasteiger partial charge in [-0.25, -0.2) is 0 Å². The first-order valence-electron chi connectivity index (χ1n) is 10.1. The molecular weight excluding hydrogens is 418 g/mol. The number of thioether (sulfide) groups is 1. The first-order chi connectivity index (χ1) is 14.7. The van der Waals surface area contributed by atoms with Crippen LogP contribution in [0.25, 0.3) is 5.69 Å². The van der Waals surface area contributed by atoms with Crippen molar-refractivity contribution in [1.29, 1.82) is 0 Å². The second-order valence-electron chi connectivity index (χ2n) is 7.03. The second kappa shape index (κ2) is 9.53. The zero-order valence-electron chi connectivity index (χ0n) is 16.9. The Labute approximate surface area is 185 Å². The maximum absolute atomic E-state index is 12.9. The maximum atomic E-state index is 12.9. The van der Waals surface area contributed by atoms with Crippen LogP contribution in [0.2, 0.25) is 5.02 Å². The minimum atomic E-state index is 0.0325. The monoisotopic (exact) mass is 441 g/mol. The third-order valence-corrected chi connectivity index (χ3v) is 6.34. The van der Waals surface area contributed by atoms with Gasteiger partial charge in [-0.05, 0) is 44.0 Å². The van der Waals surface area contributed by atoms with Crippen LogP contribution in [-0.2, 0) is 4.79 Å². The normalized spacial score (nSPS) is 13.6. The van der Waals surface area contributed by atoms with Gasteiger partial charge < -0.3 is 9.80 Å². The summed E-state index contributed by atoms with van der Waals surface area (Å²) in [6, 6.07) is 17.4. The first kappa shape index (κ1) is 20.8. The maximum Gasteiger partial charge on any atom is 0.237 e. The molecule has 0 atom stereocenters. The highest BCUT2D eigenvalue weighted by Gasteiger charge is 2.24. The van der Waals surface area contributed by atoms with E-state index in [4.69, 9.17) is 11.6 Å². The molecule has 0 radical (unpaired) electrons. The molecule has 1 fully saturated rings. The Hall–Kier alpha value is -2.51. The van der Waals surface area contributed by atoms with Crippen LogP contribution in [-0.4, -0.2) is 46.1 Å². The highest BCUT2D eigenvalue weighted by molar-refractivity contribution is 7.99. The molecule has 4 rings (SSSR count). The number of benzene rings is 2. The zero-order chi connectivity index (χ0) is 20.9. The van der Waals surface area contributed by atoms with Crippen LogP contribution in [0, 0.1) is 0 Å². The molecule has 0 saturated carbocycles. The van der Waals surface area contributed by atoms with Gasteiger partial charge in [-0.1, -0.05) is 53.7 Å². The highest BCUT2D eigenvalue weighted by Crippen LogP contribution is 2.32. The first-order valence-corrected chi connectivity index (χ1v) is 11.5. The van der Waals surface area contributed by atoms with Crippen molar-refractivity contribution < 1.29 is 4.79 Å². The molecule has 3 aromatic rings. The smallest absolute Gasteiger partial charge is 0.237 e. The molecule has 1 amide bonds. The van der Waals surface area contributed by atoms with Crippen molar-refractivity contribution in [2.75, 3.05) is 35.2 Å². The van der Waals surface area contributed by atoms with Crippen LogP contribution < -0.4 is 9.80 Å². The topological polar surface area (TPSA) is 54.3 Å². The van der Waals surface area contributed by atoms with Gasteiger partial charge in [0.05, 0.1) is 16.5 Å². The molecule has 30 heavy (non-hydrogen) atoms. The Morgan fingerprint density at radius 2 is 1.77 bits per heavy atom. The zero-order valence-corrected chi connectivity index (χ0v) is 18.4. The van der Waals surface area contributed by atoms with Crippen LogP contribution in [0.1, 0.15) is 19.8 Å². The molecule has 1 aliphatic heterocycles. The van der Waals surface area contributed by atoms with Crippen molar-refractivity contribution in [2.45, 2.75) is 24.9 Å². The predicted octanol–water partition coefficient (Wildman–Crippen LogP) is 4.67. The van der Waals surface area contributed by atoms with E-state index >= 15 is 0 Å². The van der Waals surface area contributed by atoms with Crippen molar-refractivity contribution in [1.82, 2.24) is 14.8 Å². The SMILES string of the molecule is CCN(C(=O)CSc1nnc(N2CCCC2)n1-c1ccccc1Cl)c1ccccc1. The number of hydrogen-bond acceptors (Lipinski definition) is 5. The third kappa shape index (κ3) is 4.32. The molecule has 1 saturated heterocycles. The van der Waals surface area contributed by atoms with Crippen molar-refractivity contribution in [3.63, 3.8) is 0 Å². The summed E-state index contributed by atoms with van der Waals surface area (Å²) in [6.45, 7) is 4.49. The van der Waals surface area contributed by atoms with E-state index in [1.807, 2.05) is 66.1 Å². The molecule has 0 aliphatic carbocycles. The molecule has 1 aliphatic rings. The Balaban J connectivity index is 1.60. The summed E-state index contributed by atoms with van der Waals surface area (Å²) < 4.78 is 1.98. The average Bonchev–Trinajstić information content (AvgIpc) is 3.44. The van der Waals surface area contributed by atoms with E-state index in [0.29, 0.717) is 16.7 Å². The Kier molecular flexibility index (Phi) is 6.59. The molecule has 0 N–H and O–H groups in total. The molecule has 156 valence electrons. The number of nitrogens with zero attached hydrogens (tertiary/aromatic N) is 5. The molecule has 0 bridgehead atoms. The van der Waals surface area contributed by atoms with Crippen molar-refractivity contribution in [3.05, 3.63) is 59.6 Å². The quantitative estimate of drug-likeness (QED) is 0.499. The molecule has 2 aromatic carbocycles. The Bertz CT molecular complexity index is 1000. The number of para-hydroxylation sites is 2. The number of halogens is 1. The molecular formula is C22H24ClN5OS. The third-order valence-electron chi connectivity index (χ3n) is 5.11. The van der Waals surface area contributed by atoms with Gasteiger partial charge in [-0.2, -0.15) is 0 Å². The van der Waals surface area contributed by atoms with E-state index in [0.717, 1.165) is 43.3 Å². The number of anilines is 2. The lowest BCUT2D eigenvalue weighted by molar-refractivity contribution is -0.116. The Morgan fingerprint density at radius 1 is 1.07 bits per heavy atom. The van der Waals surface area contributed by atoms with E-state index in [1.54, 1.807) is 4.90 Å². The summed E-state index contributed by atoms with van der Waals surface area (Å²) >= 11 is 7.89. The van der Waals surface area contributed by atoms with Gasteiger partial charge in [0.15, 0.2) is 5.16 Å². The van der Waals surface area contributed by atoms with Gasteiger partial charge in [0.1, 0.15) is 0 Å². The summed E-state index contributed by atoms with van der Waals surface area (Å²) in [5.41, 5.74) is 1.73. The van der Waals surface area contributed by atoms with E-state index in [-0.39, 0.29) is 11.7 Å². The van der Waals surface area contributed by atoms with Gasteiger partial charge in [-0.15, -0.1) is 10.2 Å². The molecule has 1 aromatic heterocycles. The van der Waals surface area contributed by atoms with Crippen molar-refractivity contribution in [2.24, 2.45) is 0 Å². The predicted molar refractivity (Wildman–Crippen MR) is 123 cm³/mol. The van der Waals surface area contributed by atoms with Gasteiger partial charge in [0, 0.05) is 25.3 Å². The van der Waals surface area contributed by atoms with Gasteiger partial charge in [0.25, 0.3) is 0 Å². The summed E-state index contributed by atoms with van der Waals surface area (Å²) in [4.78, 5) is 16.9. The number of carbonyl (C=O) groups is 1. The molecule has 6 nitrogen and oxygen atoms in total. The van der Waals surface area contributed by atoms with Crippen molar-refractivity contribution >= 4 is 40.9 Å². The van der Waals surface area contributed by atoms with Crippen LogP contribution in [0.5, 0.6) is 0 Å². The fourth-order valence-corrected chi connectivity index (χ4v) is 4.67. The number of carbonyl (C=O) groups excluding carboxylic acids is 1. The molecule has 2 heterocycles. The number of amides is 1. The van der Waals surface area contributed by atoms with Crippen LogP contribution in [0.3, 0.4) is 0 Å². The van der Waals surface area contributed by atoms with Crippen LogP contribution in [0.4, 0.5) is 11.6 Å². The molecule has 0 unspecified atom stereocenters. The summed E-state index contributed by atoms with van der Waals surface area (Å²) in [5, 5.41) is 10.2. The van der Waals surface area contributed by atoms with E-state index in [2.05, 4.69) is 15.1 Å². The van der Waals surface area contributed by atoms with Gasteiger partial charge >= 0.3 is 0 Å². The lowest BCUT2D eigenvalue weighted by atomic mass is 10.3. The average molecular weight is 442 g/mol. The number of rotatable bonds is 7. The minimum absolute atomic E-state index is 0.0325. The summed E-state index contributed by atoms with van der Waals surface area (Å²) in [5.74, 6) is 1.08. The van der Waals surface area contributed by atoms with Crippen molar-refractivity contribution in [3.8, 4) is 5.69 Å². The van der Waals surface area contributed by atoms with E-state index in [1.165, 1.54) is 11.8 Å². The van der Waals surface area contributed by atoms with Gasteiger partial charge in [0.2, 0.25) is 11.9 Å². The highest BCUT2D eigenvalue weighted by atomic mass is 35.5. The fraction of sp³-hybridized carbons (Fsp3) is 0.318. The fourth-order valence-electron chi connectivity index (χ4n) is 3.64. The van der Waals surface area contributed by atoms with Crippen LogP contribution >= 0.6 is 23.4 Å². The Morgan fingerprint density at radius 3 is 2.47 bits per heavy atom. The van der Waals surface area contributed by atoms with E-state index < -0.39 is 0 Å². The number of hydrogen-bond donors (Lipinski definition) is 0. The molecule has 0 spiro atoms. The van der Waals surface area contributed by atoms with Gasteiger partial charge in [-0.3, -0.25) is 9.36 Å².